The molecule has 0 saturated heterocycles. The number of oxazole rings is 1. The van der Waals surface area contributed by atoms with E-state index < -0.39 is 29.8 Å². The van der Waals surface area contributed by atoms with Crippen molar-refractivity contribution >= 4 is 23.6 Å². The molecule has 0 saturated carbocycles. The maximum absolute atomic E-state index is 13.3. The van der Waals surface area contributed by atoms with E-state index >= 15 is 0 Å². The molecular weight excluding hydrogens is 532 g/mol. The second-order valence-corrected chi connectivity index (χ2v) is 10.2. The SMILES string of the molecule is COCC(=O)N1CCNC(=O)[C@H](Cc2ccccc2)NC(=O)c2coc(n2)[C@@H](CC(C)C)NC(=O)c2cc(on2)C1. The highest BCUT2D eigenvalue weighted by atomic mass is 16.5. The van der Waals surface area contributed by atoms with Gasteiger partial charge in [0.1, 0.15) is 25.0 Å². The Morgan fingerprint density at radius 3 is 2.56 bits per heavy atom. The number of rotatable bonds is 6. The Balaban J connectivity index is 1.65. The predicted molar refractivity (Wildman–Crippen MR) is 144 cm³/mol. The third kappa shape index (κ3) is 8.01. The number of carbonyl (C=O) groups excluding carboxylic acids is 4. The van der Waals surface area contributed by atoms with Crippen molar-refractivity contribution in [2.24, 2.45) is 5.92 Å². The third-order valence-corrected chi connectivity index (χ3v) is 6.41. The van der Waals surface area contributed by atoms with Crippen LogP contribution in [0.25, 0.3) is 0 Å². The number of aromatic nitrogens is 2. The zero-order valence-electron chi connectivity index (χ0n) is 23.2. The highest BCUT2D eigenvalue weighted by molar-refractivity contribution is 5.96. The summed E-state index contributed by atoms with van der Waals surface area (Å²) in [6.07, 6.45) is 1.89. The molecule has 0 spiro atoms. The van der Waals surface area contributed by atoms with E-state index in [9.17, 15) is 19.2 Å². The number of carbonyl (C=O) groups is 4. The number of hydrogen-bond donors (Lipinski definition) is 3. The van der Waals surface area contributed by atoms with Crippen molar-refractivity contribution in [2.75, 3.05) is 26.8 Å². The number of amides is 4. The minimum atomic E-state index is -0.935. The van der Waals surface area contributed by atoms with Gasteiger partial charge in [-0.15, -0.1) is 0 Å². The summed E-state index contributed by atoms with van der Waals surface area (Å²) in [5, 5.41) is 12.3. The van der Waals surface area contributed by atoms with Gasteiger partial charge in [0, 0.05) is 32.7 Å². The van der Waals surface area contributed by atoms with Gasteiger partial charge in [-0.2, -0.15) is 0 Å². The van der Waals surface area contributed by atoms with Gasteiger partial charge < -0.3 is 34.5 Å². The van der Waals surface area contributed by atoms with Crippen molar-refractivity contribution < 1.29 is 32.9 Å². The van der Waals surface area contributed by atoms with Crippen LogP contribution in [0.2, 0.25) is 0 Å². The largest absolute Gasteiger partial charge is 0.446 e. The molecule has 4 bridgehead atoms. The molecule has 13 nitrogen and oxygen atoms in total. The minimum Gasteiger partial charge on any atom is -0.446 e. The van der Waals surface area contributed by atoms with E-state index in [2.05, 4.69) is 26.1 Å². The van der Waals surface area contributed by atoms with Crippen LogP contribution in [0.1, 0.15) is 64.5 Å². The molecule has 41 heavy (non-hydrogen) atoms. The number of hydrogen-bond acceptors (Lipinski definition) is 9. The Morgan fingerprint density at radius 2 is 1.83 bits per heavy atom. The maximum atomic E-state index is 13.3. The van der Waals surface area contributed by atoms with E-state index in [1.165, 1.54) is 24.3 Å². The topological polar surface area (TPSA) is 169 Å². The summed E-state index contributed by atoms with van der Waals surface area (Å²) in [7, 11) is 1.40. The lowest BCUT2D eigenvalue weighted by Crippen LogP contribution is -2.50. The van der Waals surface area contributed by atoms with Crippen LogP contribution in [0.3, 0.4) is 0 Å². The lowest BCUT2D eigenvalue weighted by atomic mass is 10.0. The first-order chi connectivity index (χ1) is 19.7. The monoisotopic (exact) mass is 566 g/mol. The summed E-state index contributed by atoms with van der Waals surface area (Å²) < 4.78 is 15.9. The van der Waals surface area contributed by atoms with Gasteiger partial charge in [-0.1, -0.05) is 49.3 Å². The number of nitrogens with zero attached hydrogens (tertiary/aromatic N) is 3. The molecule has 2 aromatic heterocycles. The van der Waals surface area contributed by atoms with Gasteiger partial charge in [-0.05, 0) is 17.9 Å². The number of benzene rings is 1. The molecule has 3 N–H and O–H groups in total. The fraction of sp³-hybridized carbons (Fsp3) is 0.429. The van der Waals surface area contributed by atoms with E-state index in [4.69, 9.17) is 13.7 Å². The molecule has 0 unspecified atom stereocenters. The lowest BCUT2D eigenvalue weighted by molar-refractivity contribution is -0.136. The van der Waals surface area contributed by atoms with Gasteiger partial charge in [0.25, 0.3) is 11.8 Å². The Bertz CT molecular complexity index is 1350. The van der Waals surface area contributed by atoms with Crippen molar-refractivity contribution in [2.45, 2.75) is 45.3 Å². The van der Waals surface area contributed by atoms with E-state index in [0.29, 0.717) is 6.42 Å². The standard InChI is InChI=1S/C28H34N6O7/c1-17(2)11-22-28-32-23(15-40-28)27(38)30-20(12-18-7-5-4-6-8-18)25(36)29-9-10-34(24(35)16-39-3)14-19-13-21(33-41-19)26(37)31-22/h4-8,13,15,17,20,22H,9-12,14,16H2,1-3H3,(H,29,36)(H,30,38)(H,31,37)/t20-,22+/m0/s1. The molecule has 4 rings (SSSR count). The Hall–Kier alpha value is -4.52. The van der Waals surface area contributed by atoms with Crippen molar-refractivity contribution in [1.29, 1.82) is 0 Å². The molecule has 4 amide bonds. The van der Waals surface area contributed by atoms with Crippen molar-refractivity contribution in [3.63, 3.8) is 0 Å². The van der Waals surface area contributed by atoms with Crippen molar-refractivity contribution in [3.8, 4) is 0 Å². The molecule has 0 aliphatic carbocycles. The fourth-order valence-electron chi connectivity index (χ4n) is 4.39. The van der Waals surface area contributed by atoms with E-state index in [0.717, 1.165) is 5.56 Å². The second kappa shape index (κ2) is 13.7. The first kappa shape index (κ1) is 29.5. The van der Waals surface area contributed by atoms with Crippen LogP contribution in [-0.2, 0) is 27.3 Å². The molecule has 0 radical (unpaired) electrons. The van der Waals surface area contributed by atoms with E-state index in [1.807, 2.05) is 44.2 Å². The van der Waals surface area contributed by atoms with Gasteiger partial charge in [0.15, 0.2) is 17.1 Å². The highest BCUT2D eigenvalue weighted by Gasteiger charge is 2.28. The second-order valence-electron chi connectivity index (χ2n) is 10.2. The van der Waals surface area contributed by atoms with Crippen LogP contribution in [-0.4, -0.2) is 71.5 Å². The normalized spacial score (nSPS) is 18.7. The van der Waals surface area contributed by atoms with Crippen LogP contribution >= 0.6 is 0 Å². The Kier molecular flexibility index (Phi) is 9.85. The van der Waals surface area contributed by atoms with Crippen LogP contribution in [0, 0.1) is 5.92 Å². The molecule has 3 heterocycles. The molecule has 1 aliphatic heterocycles. The summed E-state index contributed by atoms with van der Waals surface area (Å²) in [6.45, 7) is 3.96. The van der Waals surface area contributed by atoms with Crippen LogP contribution in [0.4, 0.5) is 0 Å². The summed E-state index contributed by atoms with van der Waals surface area (Å²) in [4.78, 5) is 58.0. The molecule has 1 aromatic carbocycles. The van der Waals surface area contributed by atoms with Gasteiger partial charge >= 0.3 is 0 Å². The number of ether oxygens (including phenoxy) is 1. The summed E-state index contributed by atoms with van der Waals surface area (Å²) in [5.41, 5.74) is 0.819. The number of fused-ring (bicyclic) bond motifs is 4. The Labute approximate surface area is 237 Å². The average Bonchev–Trinajstić information content (AvgIpc) is 3.62. The van der Waals surface area contributed by atoms with Crippen LogP contribution < -0.4 is 16.0 Å². The minimum absolute atomic E-state index is 0.00104. The summed E-state index contributed by atoms with van der Waals surface area (Å²) in [5.74, 6) is -1.34. The van der Waals surface area contributed by atoms with E-state index in [-0.39, 0.29) is 67.5 Å². The van der Waals surface area contributed by atoms with Gasteiger partial charge in [-0.25, -0.2) is 4.98 Å². The smallest absolute Gasteiger partial charge is 0.274 e. The van der Waals surface area contributed by atoms with E-state index in [1.54, 1.807) is 0 Å². The van der Waals surface area contributed by atoms with Crippen molar-refractivity contribution in [3.05, 3.63) is 71.3 Å². The van der Waals surface area contributed by atoms with Gasteiger partial charge in [0.2, 0.25) is 17.7 Å². The van der Waals surface area contributed by atoms with Gasteiger partial charge in [0.05, 0.1) is 6.54 Å². The first-order valence-electron chi connectivity index (χ1n) is 13.3. The van der Waals surface area contributed by atoms with Crippen molar-refractivity contribution in [1.82, 2.24) is 31.0 Å². The molecule has 3 aromatic rings. The zero-order chi connectivity index (χ0) is 29.4. The average molecular weight is 567 g/mol. The molecular formula is C28H34N6O7. The van der Waals surface area contributed by atoms with Gasteiger partial charge in [-0.3, -0.25) is 19.2 Å². The maximum Gasteiger partial charge on any atom is 0.274 e. The van der Waals surface area contributed by atoms with Crippen LogP contribution in [0.5, 0.6) is 0 Å². The molecule has 2 atom stereocenters. The number of nitrogens with one attached hydrogen (secondary N) is 3. The zero-order valence-corrected chi connectivity index (χ0v) is 23.2. The molecule has 13 heteroatoms. The molecule has 0 fully saturated rings. The highest BCUT2D eigenvalue weighted by Crippen LogP contribution is 2.22. The number of methoxy groups -OCH3 is 1. The fourth-order valence-corrected chi connectivity index (χ4v) is 4.39. The molecule has 1 aliphatic rings. The predicted octanol–water partition coefficient (Wildman–Crippen LogP) is 1.63. The Morgan fingerprint density at radius 1 is 1.10 bits per heavy atom. The molecule has 218 valence electrons. The first-order valence-corrected chi connectivity index (χ1v) is 13.3. The quantitative estimate of drug-likeness (QED) is 0.401. The summed E-state index contributed by atoms with van der Waals surface area (Å²) >= 11 is 0. The van der Waals surface area contributed by atoms with Crippen LogP contribution in [0.15, 0.2) is 51.6 Å². The summed E-state index contributed by atoms with van der Waals surface area (Å²) in [6, 6.07) is 9.11. The lowest BCUT2D eigenvalue weighted by Gasteiger charge is -2.23. The third-order valence-electron chi connectivity index (χ3n) is 6.41.